The number of aliphatic carboxylic acids is 1. The van der Waals surface area contributed by atoms with E-state index in [0.29, 0.717) is 4.31 Å². The van der Waals surface area contributed by atoms with E-state index in [0.717, 1.165) is 0 Å². The summed E-state index contributed by atoms with van der Waals surface area (Å²) in [5, 5.41) is 8.19. The van der Waals surface area contributed by atoms with Crippen LogP contribution in [0.5, 0.6) is 0 Å². The van der Waals surface area contributed by atoms with Gasteiger partial charge in [-0.2, -0.15) is 8.42 Å². The molecule has 0 atom stereocenters. The number of carbonyl (C=O) groups is 2. The zero-order valence-corrected chi connectivity index (χ0v) is 9.35. The molecule has 1 aromatic rings. The summed E-state index contributed by atoms with van der Waals surface area (Å²) in [5.41, 5.74) is -0.0158. The molecule has 90 valence electrons. The molecule has 1 aliphatic heterocycles. The van der Waals surface area contributed by atoms with Gasteiger partial charge < -0.3 is 5.11 Å². The minimum atomic E-state index is -3.98. The highest BCUT2D eigenvalue weighted by molar-refractivity contribution is 7.90. The molecule has 0 radical (unpaired) electrons. The molecule has 1 aliphatic rings. The minimum absolute atomic E-state index is 0.0158. The first-order chi connectivity index (χ1) is 7.94. The second-order valence-electron chi connectivity index (χ2n) is 3.38. The summed E-state index contributed by atoms with van der Waals surface area (Å²) in [6, 6.07) is 2.80. The number of hydrogen-bond acceptors (Lipinski definition) is 5. The first-order valence-corrected chi connectivity index (χ1v) is 6.12. The van der Waals surface area contributed by atoms with Gasteiger partial charge in [0.1, 0.15) is 0 Å². The highest BCUT2D eigenvalue weighted by Gasteiger charge is 2.42. The Morgan fingerprint density at radius 3 is 2.76 bits per heavy atom. The van der Waals surface area contributed by atoms with Crippen LogP contribution in [0.2, 0.25) is 0 Å². The summed E-state index contributed by atoms with van der Waals surface area (Å²) in [6.07, 6.45) is 0.837. The van der Waals surface area contributed by atoms with Crippen molar-refractivity contribution in [1.82, 2.24) is 9.29 Å². The van der Waals surface area contributed by atoms with Crippen molar-refractivity contribution in [2.24, 2.45) is 0 Å². The fourth-order valence-corrected chi connectivity index (χ4v) is 3.01. The summed E-state index contributed by atoms with van der Waals surface area (Å²) in [5.74, 6) is -1.90. The van der Waals surface area contributed by atoms with Crippen LogP contribution in [0.25, 0.3) is 0 Å². The molecule has 2 heterocycles. The van der Waals surface area contributed by atoms with E-state index < -0.39 is 28.3 Å². The number of carboxylic acids is 1. The number of amides is 1. The van der Waals surface area contributed by atoms with Crippen molar-refractivity contribution in [3.63, 3.8) is 0 Å². The van der Waals surface area contributed by atoms with Crippen LogP contribution in [0.3, 0.4) is 0 Å². The average Bonchev–Trinajstić information content (AvgIpc) is 2.46. The van der Waals surface area contributed by atoms with Crippen LogP contribution in [0, 0.1) is 0 Å². The SMILES string of the molecule is O=C(O)CCN1C(=O)c2cccnc2S1(=O)=O. The maximum atomic E-state index is 11.9. The monoisotopic (exact) mass is 256 g/mol. The molecule has 0 unspecified atom stereocenters. The third kappa shape index (κ3) is 1.76. The highest BCUT2D eigenvalue weighted by Crippen LogP contribution is 2.27. The predicted octanol–water partition coefficient (Wildman–Crippen LogP) is -0.299. The van der Waals surface area contributed by atoms with Gasteiger partial charge in [0.25, 0.3) is 15.9 Å². The van der Waals surface area contributed by atoms with Crippen molar-refractivity contribution >= 4 is 21.9 Å². The largest absolute Gasteiger partial charge is 0.481 e. The summed E-state index contributed by atoms with van der Waals surface area (Å²) in [7, 11) is -3.98. The van der Waals surface area contributed by atoms with E-state index in [9.17, 15) is 18.0 Å². The second kappa shape index (κ2) is 3.81. The van der Waals surface area contributed by atoms with Crippen LogP contribution >= 0.6 is 0 Å². The molecule has 1 N–H and O–H groups in total. The van der Waals surface area contributed by atoms with Crippen molar-refractivity contribution in [3.8, 4) is 0 Å². The van der Waals surface area contributed by atoms with Crippen LogP contribution in [-0.2, 0) is 14.8 Å². The molecule has 0 aromatic carbocycles. The molecule has 0 spiro atoms. The van der Waals surface area contributed by atoms with Gasteiger partial charge in [0.15, 0.2) is 5.03 Å². The Balaban J connectivity index is 2.41. The molecule has 0 aliphatic carbocycles. The quantitative estimate of drug-likeness (QED) is 0.796. The van der Waals surface area contributed by atoms with Crippen LogP contribution < -0.4 is 0 Å². The van der Waals surface area contributed by atoms with E-state index in [1.165, 1.54) is 18.3 Å². The lowest BCUT2D eigenvalue weighted by Crippen LogP contribution is -2.32. The second-order valence-corrected chi connectivity index (χ2v) is 5.16. The lowest BCUT2D eigenvalue weighted by Gasteiger charge is -2.12. The maximum absolute atomic E-state index is 11.9. The fraction of sp³-hybridized carbons (Fsp3) is 0.222. The molecule has 0 saturated carbocycles. The average molecular weight is 256 g/mol. The number of fused-ring (bicyclic) bond motifs is 1. The van der Waals surface area contributed by atoms with E-state index in [4.69, 9.17) is 5.11 Å². The lowest BCUT2D eigenvalue weighted by atomic mass is 10.2. The van der Waals surface area contributed by atoms with Crippen LogP contribution in [0.1, 0.15) is 16.8 Å². The maximum Gasteiger partial charge on any atom is 0.305 e. The standard InChI is InChI=1S/C9H8N2O5S/c12-7(13)3-5-11-9(14)6-2-1-4-10-8(6)17(11,15)16/h1-2,4H,3,5H2,(H,12,13). The zero-order chi connectivity index (χ0) is 12.6. The van der Waals surface area contributed by atoms with Gasteiger partial charge in [-0.3, -0.25) is 9.59 Å². The molecule has 0 fully saturated rings. The molecule has 0 bridgehead atoms. The van der Waals surface area contributed by atoms with Crippen LogP contribution in [0.4, 0.5) is 0 Å². The Hall–Kier alpha value is -1.96. The van der Waals surface area contributed by atoms with Gasteiger partial charge >= 0.3 is 5.97 Å². The van der Waals surface area contributed by atoms with E-state index in [1.807, 2.05) is 0 Å². The van der Waals surface area contributed by atoms with Gasteiger partial charge in [-0.05, 0) is 12.1 Å². The normalized spacial score (nSPS) is 16.9. The van der Waals surface area contributed by atoms with Crippen molar-refractivity contribution in [2.75, 3.05) is 6.54 Å². The number of rotatable bonds is 3. The van der Waals surface area contributed by atoms with Gasteiger partial charge in [-0.1, -0.05) is 0 Å². The Kier molecular flexibility index (Phi) is 2.58. The third-order valence-corrected chi connectivity index (χ3v) is 4.03. The Morgan fingerprint density at radius 2 is 2.18 bits per heavy atom. The molecule has 0 saturated heterocycles. The number of nitrogens with zero attached hydrogens (tertiary/aromatic N) is 2. The lowest BCUT2D eigenvalue weighted by molar-refractivity contribution is -0.137. The Labute approximate surface area is 96.7 Å². The molecule has 1 aromatic heterocycles. The van der Waals surface area contributed by atoms with E-state index in [-0.39, 0.29) is 17.1 Å². The van der Waals surface area contributed by atoms with Crippen molar-refractivity contribution < 1.29 is 23.1 Å². The van der Waals surface area contributed by atoms with Gasteiger partial charge in [0.2, 0.25) is 0 Å². The summed E-state index contributed by atoms with van der Waals surface area (Å²) in [6.45, 7) is -0.382. The van der Waals surface area contributed by atoms with E-state index >= 15 is 0 Å². The topological polar surface area (TPSA) is 105 Å². The summed E-state index contributed by atoms with van der Waals surface area (Å²) in [4.78, 5) is 25.8. The van der Waals surface area contributed by atoms with Gasteiger partial charge in [-0.15, -0.1) is 0 Å². The molecule has 17 heavy (non-hydrogen) atoms. The first kappa shape index (κ1) is 11.5. The highest BCUT2D eigenvalue weighted by atomic mass is 32.2. The van der Waals surface area contributed by atoms with Crippen molar-refractivity contribution in [3.05, 3.63) is 23.9 Å². The Morgan fingerprint density at radius 1 is 1.47 bits per heavy atom. The van der Waals surface area contributed by atoms with Gasteiger partial charge in [0.05, 0.1) is 12.0 Å². The Bertz CT molecular complexity index is 595. The number of carboxylic acid groups (broad SMARTS) is 1. The molecule has 1 amide bonds. The third-order valence-electron chi connectivity index (χ3n) is 2.29. The molecule has 8 heteroatoms. The molecular formula is C9H8N2O5S. The molecule has 7 nitrogen and oxygen atoms in total. The van der Waals surface area contributed by atoms with Gasteiger partial charge in [-0.25, -0.2) is 9.29 Å². The summed E-state index contributed by atoms with van der Waals surface area (Å²) < 4.78 is 24.3. The van der Waals surface area contributed by atoms with E-state index in [1.54, 1.807) is 0 Å². The number of sulfonamides is 1. The van der Waals surface area contributed by atoms with Gasteiger partial charge in [0, 0.05) is 12.7 Å². The van der Waals surface area contributed by atoms with Crippen LogP contribution in [-0.4, -0.2) is 41.2 Å². The number of pyridine rings is 1. The zero-order valence-electron chi connectivity index (χ0n) is 8.53. The molecular weight excluding hydrogens is 248 g/mol. The number of hydrogen-bond donors (Lipinski definition) is 1. The van der Waals surface area contributed by atoms with Crippen molar-refractivity contribution in [2.45, 2.75) is 11.4 Å². The van der Waals surface area contributed by atoms with Crippen LogP contribution in [0.15, 0.2) is 23.4 Å². The summed E-state index contributed by atoms with van der Waals surface area (Å²) >= 11 is 0. The smallest absolute Gasteiger partial charge is 0.305 e. The number of carbonyl (C=O) groups excluding carboxylic acids is 1. The predicted molar refractivity (Wildman–Crippen MR) is 54.7 cm³/mol. The first-order valence-electron chi connectivity index (χ1n) is 4.68. The van der Waals surface area contributed by atoms with E-state index in [2.05, 4.69) is 4.98 Å². The fourth-order valence-electron chi connectivity index (χ4n) is 1.53. The minimum Gasteiger partial charge on any atom is -0.481 e. The molecule has 2 rings (SSSR count). The van der Waals surface area contributed by atoms with Crippen molar-refractivity contribution in [1.29, 1.82) is 0 Å². The number of aromatic nitrogens is 1.